The molecule has 2 aromatic rings. The van der Waals surface area contributed by atoms with Gasteiger partial charge in [0.15, 0.2) is 0 Å². The molecule has 3 heteroatoms. The smallest absolute Gasteiger partial charge is 0.249 e. The zero-order chi connectivity index (χ0) is 17.9. The molecule has 1 atom stereocenters. The molecule has 25 heavy (non-hydrogen) atoms. The van der Waals surface area contributed by atoms with Crippen molar-refractivity contribution in [1.82, 2.24) is 4.90 Å². The Labute approximate surface area is 149 Å². The third-order valence-electron chi connectivity index (χ3n) is 4.83. The van der Waals surface area contributed by atoms with Crippen LogP contribution in [0.25, 0.3) is 0 Å². The van der Waals surface area contributed by atoms with Crippen LogP contribution in [0.4, 0.5) is 0 Å². The van der Waals surface area contributed by atoms with E-state index in [9.17, 15) is 4.79 Å². The SMILES string of the molecule is C=C1CC(C(C)(C)OCc2ccccc2)N(Cc2ccccc2)C1=O. The van der Waals surface area contributed by atoms with Crippen molar-refractivity contribution in [2.24, 2.45) is 0 Å². The van der Waals surface area contributed by atoms with Gasteiger partial charge in [0, 0.05) is 18.5 Å². The van der Waals surface area contributed by atoms with Crippen molar-refractivity contribution in [3.63, 3.8) is 0 Å². The Morgan fingerprint density at radius 3 is 2.20 bits per heavy atom. The summed E-state index contributed by atoms with van der Waals surface area (Å²) in [4.78, 5) is 14.5. The molecule has 0 aliphatic carbocycles. The summed E-state index contributed by atoms with van der Waals surface area (Å²) in [6.45, 7) is 9.20. The standard InChI is InChI=1S/C22H25NO2/c1-17-14-20(22(2,3)25-16-19-12-8-5-9-13-19)23(21(17)24)15-18-10-6-4-7-11-18/h4-13,20H,1,14-16H2,2-3H3. The number of hydrogen-bond acceptors (Lipinski definition) is 2. The highest BCUT2D eigenvalue weighted by molar-refractivity contribution is 5.95. The number of hydrogen-bond donors (Lipinski definition) is 0. The predicted octanol–water partition coefficient (Wildman–Crippen LogP) is 4.34. The van der Waals surface area contributed by atoms with Crippen LogP contribution in [0.3, 0.4) is 0 Å². The first-order chi connectivity index (χ1) is 12.0. The van der Waals surface area contributed by atoms with Gasteiger partial charge in [-0.15, -0.1) is 0 Å². The Hall–Kier alpha value is -2.39. The molecule has 0 aromatic heterocycles. The lowest BCUT2D eigenvalue weighted by Crippen LogP contribution is -2.48. The molecule has 1 heterocycles. The molecule has 1 saturated heterocycles. The molecule has 1 aliphatic rings. The minimum atomic E-state index is -0.459. The molecule has 0 saturated carbocycles. The summed E-state index contributed by atoms with van der Waals surface area (Å²) in [6.07, 6.45) is 0.646. The van der Waals surface area contributed by atoms with E-state index in [1.54, 1.807) is 0 Å². The van der Waals surface area contributed by atoms with Gasteiger partial charge in [-0.05, 0) is 25.0 Å². The summed E-state index contributed by atoms with van der Waals surface area (Å²) in [6, 6.07) is 20.2. The van der Waals surface area contributed by atoms with Crippen molar-refractivity contribution in [3.05, 3.63) is 83.9 Å². The number of carbonyl (C=O) groups excluding carboxylic acids is 1. The van der Waals surface area contributed by atoms with E-state index in [2.05, 4.69) is 32.6 Å². The summed E-state index contributed by atoms with van der Waals surface area (Å²) < 4.78 is 6.23. The van der Waals surface area contributed by atoms with Crippen LogP contribution in [-0.2, 0) is 22.7 Å². The van der Waals surface area contributed by atoms with Crippen molar-refractivity contribution >= 4 is 5.91 Å². The molecule has 0 bridgehead atoms. The minimum Gasteiger partial charge on any atom is -0.369 e. The molecule has 1 amide bonds. The number of ether oxygens (including phenoxy) is 1. The second-order valence-electron chi connectivity index (χ2n) is 7.12. The fraction of sp³-hybridized carbons (Fsp3) is 0.318. The maximum atomic E-state index is 12.6. The zero-order valence-corrected chi connectivity index (χ0v) is 14.9. The molecular formula is C22H25NO2. The summed E-state index contributed by atoms with van der Waals surface area (Å²) in [5.74, 6) is 0.0326. The quantitative estimate of drug-likeness (QED) is 0.735. The second kappa shape index (κ2) is 7.24. The lowest BCUT2D eigenvalue weighted by Gasteiger charge is -2.37. The lowest BCUT2D eigenvalue weighted by molar-refractivity contribution is -0.135. The molecule has 0 radical (unpaired) electrons. The second-order valence-corrected chi connectivity index (χ2v) is 7.12. The van der Waals surface area contributed by atoms with Gasteiger partial charge >= 0.3 is 0 Å². The van der Waals surface area contributed by atoms with Gasteiger partial charge in [0.05, 0.1) is 18.2 Å². The van der Waals surface area contributed by atoms with Crippen LogP contribution in [0.15, 0.2) is 72.8 Å². The van der Waals surface area contributed by atoms with Crippen molar-refractivity contribution < 1.29 is 9.53 Å². The highest BCUT2D eigenvalue weighted by Gasteiger charge is 2.43. The normalized spacial score (nSPS) is 18.0. The van der Waals surface area contributed by atoms with Gasteiger partial charge < -0.3 is 9.64 Å². The van der Waals surface area contributed by atoms with E-state index in [1.807, 2.05) is 53.4 Å². The van der Waals surface area contributed by atoms with E-state index >= 15 is 0 Å². The first-order valence-electron chi connectivity index (χ1n) is 8.68. The maximum Gasteiger partial charge on any atom is 0.249 e. The Morgan fingerprint density at radius 1 is 1.04 bits per heavy atom. The summed E-state index contributed by atoms with van der Waals surface area (Å²) >= 11 is 0. The third-order valence-corrected chi connectivity index (χ3v) is 4.83. The van der Waals surface area contributed by atoms with Crippen molar-refractivity contribution in [1.29, 1.82) is 0 Å². The van der Waals surface area contributed by atoms with Crippen molar-refractivity contribution in [2.45, 2.75) is 45.1 Å². The summed E-state index contributed by atoms with van der Waals surface area (Å²) in [5, 5.41) is 0. The Morgan fingerprint density at radius 2 is 1.60 bits per heavy atom. The average Bonchev–Trinajstić information content (AvgIpc) is 2.91. The van der Waals surface area contributed by atoms with Crippen LogP contribution in [0.5, 0.6) is 0 Å². The molecule has 3 rings (SSSR count). The molecule has 1 aliphatic heterocycles. The molecule has 0 N–H and O–H groups in total. The van der Waals surface area contributed by atoms with Crippen LogP contribution in [0.1, 0.15) is 31.4 Å². The van der Waals surface area contributed by atoms with E-state index in [1.165, 1.54) is 0 Å². The van der Waals surface area contributed by atoms with Crippen LogP contribution in [-0.4, -0.2) is 22.4 Å². The Kier molecular flexibility index (Phi) is 5.05. The predicted molar refractivity (Wildman–Crippen MR) is 99.8 cm³/mol. The first kappa shape index (κ1) is 17.4. The van der Waals surface area contributed by atoms with E-state index in [-0.39, 0.29) is 11.9 Å². The molecule has 130 valence electrons. The fourth-order valence-electron chi connectivity index (χ4n) is 3.30. The van der Waals surface area contributed by atoms with Gasteiger partial charge in [0.2, 0.25) is 5.91 Å². The van der Waals surface area contributed by atoms with Gasteiger partial charge in [0.25, 0.3) is 0 Å². The van der Waals surface area contributed by atoms with E-state index in [4.69, 9.17) is 4.74 Å². The van der Waals surface area contributed by atoms with Gasteiger partial charge in [0.1, 0.15) is 0 Å². The molecular weight excluding hydrogens is 310 g/mol. The van der Waals surface area contributed by atoms with Crippen LogP contribution >= 0.6 is 0 Å². The van der Waals surface area contributed by atoms with E-state index in [0.717, 1.165) is 11.1 Å². The third kappa shape index (κ3) is 3.99. The topological polar surface area (TPSA) is 29.5 Å². The highest BCUT2D eigenvalue weighted by atomic mass is 16.5. The minimum absolute atomic E-state index is 0.0172. The Balaban J connectivity index is 1.75. The van der Waals surface area contributed by atoms with Crippen molar-refractivity contribution in [2.75, 3.05) is 0 Å². The molecule has 1 fully saturated rings. The maximum absolute atomic E-state index is 12.6. The molecule has 3 nitrogen and oxygen atoms in total. The lowest BCUT2D eigenvalue weighted by atomic mass is 9.95. The van der Waals surface area contributed by atoms with Gasteiger partial charge in [-0.25, -0.2) is 0 Å². The number of likely N-dealkylation sites (tertiary alicyclic amines) is 1. The van der Waals surface area contributed by atoms with Crippen molar-refractivity contribution in [3.8, 4) is 0 Å². The molecule has 0 spiro atoms. The highest BCUT2D eigenvalue weighted by Crippen LogP contribution is 2.34. The van der Waals surface area contributed by atoms with Gasteiger partial charge in [-0.3, -0.25) is 4.79 Å². The van der Waals surface area contributed by atoms with Gasteiger partial charge in [-0.1, -0.05) is 67.2 Å². The number of nitrogens with zero attached hydrogens (tertiary/aromatic N) is 1. The van der Waals surface area contributed by atoms with Crippen LogP contribution in [0, 0.1) is 0 Å². The number of amides is 1. The van der Waals surface area contributed by atoms with Crippen LogP contribution < -0.4 is 0 Å². The molecule has 2 aromatic carbocycles. The molecule has 1 unspecified atom stereocenters. The first-order valence-corrected chi connectivity index (χ1v) is 8.68. The number of rotatable bonds is 6. The van der Waals surface area contributed by atoms with E-state index in [0.29, 0.717) is 25.1 Å². The Bertz CT molecular complexity index is 737. The average molecular weight is 335 g/mol. The largest absolute Gasteiger partial charge is 0.369 e. The summed E-state index contributed by atoms with van der Waals surface area (Å²) in [5.41, 5.74) is 2.46. The fourth-order valence-corrected chi connectivity index (χ4v) is 3.30. The number of carbonyl (C=O) groups is 1. The van der Waals surface area contributed by atoms with E-state index < -0.39 is 5.60 Å². The summed E-state index contributed by atoms with van der Waals surface area (Å²) in [7, 11) is 0. The zero-order valence-electron chi connectivity index (χ0n) is 14.9. The monoisotopic (exact) mass is 335 g/mol. The van der Waals surface area contributed by atoms with Crippen LogP contribution in [0.2, 0.25) is 0 Å². The van der Waals surface area contributed by atoms with Gasteiger partial charge in [-0.2, -0.15) is 0 Å². The number of benzene rings is 2.